The van der Waals surface area contributed by atoms with Gasteiger partial charge >= 0.3 is 12.2 Å². The summed E-state index contributed by atoms with van der Waals surface area (Å²) >= 11 is 0. The second-order valence-corrected chi connectivity index (χ2v) is 3.19. The molecule has 0 saturated heterocycles. The van der Waals surface area contributed by atoms with Crippen LogP contribution in [0.3, 0.4) is 0 Å². The zero-order valence-corrected chi connectivity index (χ0v) is 10.9. The molecule has 8 nitrogen and oxygen atoms in total. The summed E-state index contributed by atoms with van der Waals surface area (Å²) in [7, 11) is 4.42. The van der Waals surface area contributed by atoms with E-state index in [1.807, 2.05) is 0 Å². The van der Waals surface area contributed by atoms with E-state index in [1.165, 1.54) is 14.1 Å². The quantitative estimate of drug-likeness (QED) is 0.586. The van der Waals surface area contributed by atoms with E-state index in [2.05, 4.69) is 10.6 Å². The number of carbonyl (C=O) groups is 2. The molecule has 1 atom stereocenters. The maximum absolute atomic E-state index is 11.1. The Labute approximate surface area is 106 Å². The fourth-order valence-electron chi connectivity index (χ4n) is 0.924. The minimum Gasteiger partial charge on any atom is -0.446 e. The highest BCUT2D eigenvalue weighted by molar-refractivity contribution is 5.67. The van der Waals surface area contributed by atoms with Crippen molar-refractivity contribution in [3.05, 3.63) is 0 Å². The summed E-state index contributed by atoms with van der Waals surface area (Å²) in [5.41, 5.74) is 0. The normalized spacial score (nSPS) is 11.5. The Kier molecular flexibility index (Phi) is 9.70. The molecule has 0 aliphatic heterocycles. The Morgan fingerprint density at radius 2 is 1.72 bits per heavy atom. The van der Waals surface area contributed by atoms with Crippen molar-refractivity contribution in [3.8, 4) is 0 Å². The number of amides is 2. The van der Waals surface area contributed by atoms with E-state index < -0.39 is 18.3 Å². The van der Waals surface area contributed by atoms with Crippen molar-refractivity contribution in [2.24, 2.45) is 0 Å². The van der Waals surface area contributed by atoms with Gasteiger partial charge in [0, 0.05) is 21.2 Å². The van der Waals surface area contributed by atoms with Crippen LogP contribution < -0.4 is 10.6 Å². The van der Waals surface area contributed by atoms with Gasteiger partial charge in [0.15, 0.2) is 6.10 Å². The van der Waals surface area contributed by atoms with Crippen LogP contribution in [0, 0.1) is 0 Å². The van der Waals surface area contributed by atoms with E-state index in [4.69, 9.17) is 18.9 Å². The number of nitrogens with one attached hydrogen (secondary N) is 2. The highest BCUT2D eigenvalue weighted by Gasteiger charge is 2.16. The molecule has 0 aliphatic rings. The fraction of sp³-hybridized carbons (Fsp3) is 0.800. The second kappa shape index (κ2) is 10.6. The molecule has 0 rings (SSSR count). The summed E-state index contributed by atoms with van der Waals surface area (Å²) in [6, 6.07) is 0. The summed E-state index contributed by atoms with van der Waals surface area (Å²) in [6.45, 7) is 0.834. The third-order valence-electron chi connectivity index (χ3n) is 1.82. The molecule has 18 heavy (non-hydrogen) atoms. The van der Waals surface area contributed by atoms with Crippen molar-refractivity contribution >= 4 is 12.2 Å². The average Bonchev–Trinajstić information content (AvgIpc) is 2.39. The maximum Gasteiger partial charge on any atom is 0.407 e. The fourth-order valence-corrected chi connectivity index (χ4v) is 0.924. The van der Waals surface area contributed by atoms with E-state index in [9.17, 15) is 9.59 Å². The van der Waals surface area contributed by atoms with Crippen LogP contribution in [0.1, 0.15) is 0 Å². The van der Waals surface area contributed by atoms with E-state index in [1.54, 1.807) is 7.11 Å². The van der Waals surface area contributed by atoms with Gasteiger partial charge in [0.1, 0.15) is 6.61 Å². The monoisotopic (exact) mass is 264 g/mol. The SMILES string of the molecule is CNC(=O)OC[C@H](COCCOC)OC(=O)NC. The third kappa shape index (κ3) is 8.59. The highest BCUT2D eigenvalue weighted by Crippen LogP contribution is 1.97. The van der Waals surface area contributed by atoms with Gasteiger partial charge in [-0.3, -0.25) is 0 Å². The van der Waals surface area contributed by atoms with Crippen LogP contribution in [-0.2, 0) is 18.9 Å². The second-order valence-electron chi connectivity index (χ2n) is 3.19. The van der Waals surface area contributed by atoms with Crippen molar-refractivity contribution in [3.63, 3.8) is 0 Å². The van der Waals surface area contributed by atoms with Crippen LogP contribution in [-0.4, -0.2) is 65.9 Å². The van der Waals surface area contributed by atoms with Crippen molar-refractivity contribution in [1.82, 2.24) is 10.6 Å². The first-order valence-corrected chi connectivity index (χ1v) is 5.43. The largest absolute Gasteiger partial charge is 0.446 e. The molecular weight excluding hydrogens is 244 g/mol. The number of alkyl carbamates (subject to hydrolysis) is 2. The average molecular weight is 264 g/mol. The van der Waals surface area contributed by atoms with E-state index in [0.717, 1.165) is 0 Å². The van der Waals surface area contributed by atoms with Crippen LogP contribution in [0.4, 0.5) is 9.59 Å². The van der Waals surface area contributed by atoms with Crippen molar-refractivity contribution in [2.75, 3.05) is 47.6 Å². The van der Waals surface area contributed by atoms with Crippen LogP contribution in [0.2, 0.25) is 0 Å². The van der Waals surface area contributed by atoms with Crippen LogP contribution >= 0.6 is 0 Å². The third-order valence-corrected chi connectivity index (χ3v) is 1.82. The van der Waals surface area contributed by atoms with Gasteiger partial charge in [-0.25, -0.2) is 9.59 Å². The lowest BCUT2D eigenvalue weighted by molar-refractivity contribution is -0.0212. The van der Waals surface area contributed by atoms with Gasteiger partial charge in [-0.2, -0.15) is 0 Å². The van der Waals surface area contributed by atoms with Gasteiger partial charge in [-0.05, 0) is 0 Å². The highest BCUT2D eigenvalue weighted by atomic mass is 16.6. The number of hydrogen-bond donors (Lipinski definition) is 2. The minimum atomic E-state index is -0.667. The first-order chi connectivity index (χ1) is 8.63. The molecule has 106 valence electrons. The van der Waals surface area contributed by atoms with Gasteiger partial charge in [0.25, 0.3) is 0 Å². The van der Waals surface area contributed by atoms with Crippen molar-refractivity contribution in [1.29, 1.82) is 0 Å². The number of ether oxygens (including phenoxy) is 4. The van der Waals surface area contributed by atoms with Gasteiger partial charge in [0.2, 0.25) is 0 Å². The summed E-state index contributed by atoms with van der Waals surface area (Å²) in [5.74, 6) is 0. The van der Waals surface area contributed by atoms with Crippen molar-refractivity contribution in [2.45, 2.75) is 6.10 Å². The van der Waals surface area contributed by atoms with Gasteiger partial charge in [-0.15, -0.1) is 0 Å². The molecule has 0 saturated carbocycles. The molecule has 0 unspecified atom stereocenters. The summed E-state index contributed by atoms with van der Waals surface area (Å²) in [4.78, 5) is 22.0. The van der Waals surface area contributed by atoms with Crippen LogP contribution in [0.15, 0.2) is 0 Å². The van der Waals surface area contributed by atoms with Gasteiger partial charge in [-0.1, -0.05) is 0 Å². The van der Waals surface area contributed by atoms with Crippen molar-refractivity contribution < 1.29 is 28.5 Å². The smallest absolute Gasteiger partial charge is 0.407 e. The molecule has 0 aromatic rings. The van der Waals surface area contributed by atoms with E-state index in [0.29, 0.717) is 13.2 Å². The predicted octanol–water partition coefficient (Wildman–Crippen LogP) is -0.270. The standard InChI is InChI=1S/C10H20N2O6/c1-11-9(13)17-7-8(18-10(14)12-2)6-16-5-4-15-3/h8H,4-7H2,1-3H3,(H,11,13)(H,12,14)/t8-/m0/s1. The first kappa shape index (κ1) is 16.5. The Hall–Kier alpha value is -1.54. The van der Waals surface area contributed by atoms with Gasteiger partial charge < -0.3 is 29.6 Å². The molecule has 0 aromatic heterocycles. The number of methoxy groups -OCH3 is 1. The van der Waals surface area contributed by atoms with Gasteiger partial charge in [0.05, 0.1) is 19.8 Å². The van der Waals surface area contributed by atoms with E-state index in [-0.39, 0.29) is 13.2 Å². The summed E-state index contributed by atoms with van der Waals surface area (Å²) in [5, 5.41) is 4.59. The zero-order valence-electron chi connectivity index (χ0n) is 10.9. The first-order valence-electron chi connectivity index (χ1n) is 5.43. The Balaban J connectivity index is 3.99. The molecule has 0 bridgehead atoms. The van der Waals surface area contributed by atoms with Crippen LogP contribution in [0.5, 0.6) is 0 Å². The molecule has 0 fully saturated rings. The summed E-state index contributed by atoms with van der Waals surface area (Å²) in [6.07, 6.45) is -1.88. The number of hydrogen-bond acceptors (Lipinski definition) is 6. The molecule has 0 spiro atoms. The predicted molar refractivity (Wildman–Crippen MR) is 62.4 cm³/mol. The Morgan fingerprint density at radius 3 is 2.28 bits per heavy atom. The summed E-state index contributed by atoms with van der Waals surface area (Å²) < 4.78 is 19.8. The molecule has 0 heterocycles. The molecule has 0 aromatic carbocycles. The molecule has 0 radical (unpaired) electrons. The Morgan fingerprint density at radius 1 is 1.06 bits per heavy atom. The number of carbonyl (C=O) groups excluding carboxylic acids is 2. The molecule has 2 amide bonds. The Bertz CT molecular complexity index is 249. The minimum absolute atomic E-state index is 0.0833. The molecule has 8 heteroatoms. The zero-order chi connectivity index (χ0) is 13.8. The lowest BCUT2D eigenvalue weighted by Gasteiger charge is -2.17. The number of rotatable bonds is 8. The maximum atomic E-state index is 11.1. The molecular formula is C10H20N2O6. The van der Waals surface area contributed by atoms with Crippen LogP contribution in [0.25, 0.3) is 0 Å². The lowest BCUT2D eigenvalue weighted by Crippen LogP contribution is -2.35. The molecule has 2 N–H and O–H groups in total. The molecule has 0 aliphatic carbocycles. The topological polar surface area (TPSA) is 95.1 Å². The lowest BCUT2D eigenvalue weighted by atomic mass is 10.4. The van der Waals surface area contributed by atoms with E-state index >= 15 is 0 Å².